The monoisotopic (exact) mass is 267 g/mol. The Morgan fingerprint density at radius 1 is 1.26 bits per heavy atom. The summed E-state index contributed by atoms with van der Waals surface area (Å²) >= 11 is 0. The second-order valence-electron chi connectivity index (χ2n) is 5.78. The number of allylic oxidation sites excluding steroid dienone is 4. The van der Waals surface area contributed by atoms with Gasteiger partial charge in [-0.3, -0.25) is 4.79 Å². The van der Waals surface area contributed by atoms with Crippen LogP contribution in [0, 0.1) is 5.92 Å². The quantitative estimate of drug-likeness (QED) is 0.647. The molecule has 0 aliphatic carbocycles. The van der Waals surface area contributed by atoms with E-state index in [0.717, 1.165) is 25.8 Å². The van der Waals surface area contributed by atoms with Crippen molar-refractivity contribution in [3.8, 4) is 0 Å². The van der Waals surface area contributed by atoms with E-state index in [4.69, 9.17) is 5.11 Å². The van der Waals surface area contributed by atoms with Crippen LogP contribution in [0.25, 0.3) is 0 Å². The molecule has 0 radical (unpaired) electrons. The first-order valence-electron chi connectivity index (χ1n) is 6.98. The average Bonchev–Trinajstić information content (AvgIpc) is 2.24. The first kappa shape index (κ1) is 17.9. The van der Waals surface area contributed by atoms with Crippen LogP contribution in [0.1, 0.15) is 46.5 Å². The predicted molar refractivity (Wildman–Crippen MR) is 81.3 cm³/mol. The van der Waals surface area contributed by atoms with Crippen molar-refractivity contribution in [2.45, 2.75) is 46.5 Å². The summed E-state index contributed by atoms with van der Waals surface area (Å²) in [4.78, 5) is 13.0. The molecular weight excluding hydrogens is 238 g/mol. The molecule has 1 unspecified atom stereocenters. The lowest BCUT2D eigenvalue weighted by molar-refractivity contribution is -0.137. The molecule has 3 heteroatoms. The molecule has 0 aliphatic rings. The van der Waals surface area contributed by atoms with E-state index in [0.29, 0.717) is 0 Å². The number of hydrogen-bond acceptors (Lipinski definition) is 2. The third-order valence-corrected chi connectivity index (χ3v) is 3.00. The second-order valence-corrected chi connectivity index (χ2v) is 5.78. The van der Waals surface area contributed by atoms with Crippen LogP contribution in [0.5, 0.6) is 0 Å². The van der Waals surface area contributed by atoms with Crippen LogP contribution in [0.4, 0.5) is 0 Å². The Hall–Kier alpha value is -1.09. The van der Waals surface area contributed by atoms with Gasteiger partial charge in [-0.05, 0) is 66.6 Å². The van der Waals surface area contributed by atoms with Crippen molar-refractivity contribution in [2.24, 2.45) is 5.92 Å². The molecule has 19 heavy (non-hydrogen) atoms. The zero-order valence-electron chi connectivity index (χ0n) is 13.1. The molecule has 3 nitrogen and oxygen atoms in total. The van der Waals surface area contributed by atoms with Gasteiger partial charge in [-0.15, -0.1) is 0 Å². The lowest BCUT2D eigenvalue weighted by Crippen LogP contribution is -2.17. The third-order valence-electron chi connectivity index (χ3n) is 3.00. The summed E-state index contributed by atoms with van der Waals surface area (Å²) in [5.41, 5.74) is 2.63. The molecule has 0 heterocycles. The standard InChI is InChI=1S/C16H29NO2/c1-13(2)7-6-8-14(3)11-15(12-16(18)19)9-10-17(4)5/h7,11,15H,6,8-10,12H2,1-5H3,(H,18,19)/b14-11+. The number of carboxylic acid groups (broad SMARTS) is 1. The summed E-state index contributed by atoms with van der Waals surface area (Å²) < 4.78 is 0. The minimum absolute atomic E-state index is 0.145. The van der Waals surface area contributed by atoms with Crippen LogP contribution < -0.4 is 0 Å². The fourth-order valence-electron chi connectivity index (χ4n) is 1.97. The van der Waals surface area contributed by atoms with Crippen LogP contribution in [-0.4, -0.2) is 36.6 Å². The highest BCUT2D eigenvalue weighted by Gasteiger charge is 2.11. The first-order chi connectivity index (χ1) is 8.81. The highest BCUT2D eigenvalue weighted by Crippen LogP contribution is 2.16. The Balaban J connectivity index is 4.40. The normalized spacial score (nSPS) is 13.5. The van der Waals surface area contributed by atoms with Gasteiger partial charge < -0.3 is 10.0 Å². The van der Waals surface area contributed by atoms with E-state index in [2.05, 4.69) is 37.8 Å². The van der Waals surface area contributed by atoms with Gasteiger partial charge in [0.1, 0.15) is 0 Å². The van der Waals surface area contributed by atoms with Gasteiger partial charge in [0.05, 0.1) is 6.42 Å². The van der Waals surface area contributed by atoms with Crippen LogP contribution in [-0.2, 0) is 4.79 Å². The molecule has 0 rings (SSSR count). The molecule has 0 aromatic rings. The molecule has 0 bridgehead atoms. The topological polar surface area (TPSA) is 40.5 Å². The summed E-state index contributed by atoms with van der Waals surface area (Å²) in [6.45, 7) is 7.23. The van der Waals surface area contributed by atoms with Crippen molar-refractivity contribution in [1.29, 1.82) is 0 Å². The van der Waals surface area contributed by atoms with Crippen LogP contribution in [0.15, 0.2) is 23.3 Å². The van der Waals surface area contributed by atoms with E-state index in [-0.39, 0.29) is 12.3 Å². The minimum atomic E-state index is -0.711. The summed E-state index contributed by atoms with van der Waals surface area (Å²) in [7, 11) is 4.03. The number of rotatable bonds is 9. The van der Waals surface area contributed by atoms with Gasteiger partial charge in [0.2, 0.25) is 0 Å². The number of carbonyl (C=O) groups is 1. The molecule has 0 amide bonds. The zero-order valence-corrected chi connectivity index (χ0v) is 13.1. The van der Waals surface area contributed by atoms with Gasteiger partial charge in [0.15, 0.2) is 0 Å². The van der Waals surface area contributed by atoms with Gasteiger partial charge in [-0.25, -0.2) is 0 Å². The van der Waals surface area contributed by atoms with Crippen molar-refractivity contribution in [3.63, 3.8) is 0 Å². The largest absolute Gasteiger partial charge is 0.481 e. The van der Waals surface area contributed by atoms with Crippen molar-refractivity contribution in [3.05, 3.63) is 23.3 Å². The van der Waals surface area contributed by atoms with Crippen molar-refractivity contribution >= 4 is 5.97 Å². The smallest absolute Gasteiger partial charge is 0.303 e. The Morgan fingerprint density at radius 3 is 2.37 bits per heavy atom. The van der Waals surface area contributed by atoms with Crippen LogP contribution >= 0.6 is 0 Å². The van der Waals surface area contributed by atoms with Crippen LogP contribution in [0.3, 0.4) is 0 Å². The Labute approximate surface area is 118 Å². The highest BCUT2D eigenvalue weighted by molar-refractivity contribution is 5.67. The average molecular weight is 267 g/mol. The maximum absolute atomic E-state index is 10.9. The van der Waals surface area contributed by atoms with E-state index < -0.39 is 5.97 Å². The fourth-order valence-corrected chi connectivity index (χ4v) is 1.97. The number of aliphatic carboxylic acids is 1. The number of nitrogens with zero attached hydrogens (tertiary/aromatic N) is 1. The lowest BCUT2D eigenvalue weighted by Gasteiger charge is -2.15. The summed E-state index contributed by atoms with van der Waals surface area (Å²) in [5, 5.41) is 8.96. The molecule has 0 saturated heterocycles. The maximum Gasteiger partial charge on any atom is 0.303 e. The zero-order chi connectivity index (χ0) is 14.8. The van der Waals surface area contributed by atoms with E-state index >= 15 is 0 Å². The summed E-state index contributed by atoms with van der Waals surface area (Å²) in [5.74, 6) is -0.566. The van der Waals surface area contributed by atoms with Crippen molar-refractivity contribution < 1.29 is 9.90 Å². The molecule has 0 saturated carbocycles. The molecule has 1 N–H and O–H groups in total. The van der Waals surface area contributed by atoms with Crippen molar-refractivity contribution in [2.75, 3.05) is 20.6 Å². The van der Waals surface area contributed by atoms with Gasteiger partial charge in [0, 0.05) is 0 Å². The third kappa shape index (κ3) is 11.7. The molecule has 0 spiro atoms. The van der Waals surface area contributed by atoms with Gasteiger partial charge in [0.25, 0.3) is 0 Å². The molecular formula is C16H29NO2. The van der Waals surface area contributed by atoms with Crippen LogP contribution in [0.2, 0.25) is 0 Å². The van der Waals surface area contributed by atoms with Gasteiger partial charge in [-0.1, -0.05) is 23.3 Å². The molecule has 0 fully saturated rings. The Morgan fingerprint density at radius 2 is 1.89 bits per heavy atom. The van der Waals surface area contributed by atoms with E-state index in [1.165, 1.54) is 11.1 Å². The summed E-state index contributed by atoms with van der Waals surface area (Å²) in [6.07, 6.45) is 7.56. The van der Waals surface area contributed by atoms with E-state index in [1.54, 1.807) is 0 Å². The molecule has 0 aromatic heterocycles. The van der Waals surface area contributed by atoms with Crippen molar-refractivity contribution in [1.82, 2.24) is 4.90 Å². The lowest BCUT2D eigenvalue weighted by atomic mass is 9.96. The molecule has 0 aromatic carbocycles. The number of hydrogen-bond donors (Lipinski definition) is 1. The van der Waals surface area contributed by atoms with Gasteiger partial charge >= 0.3 is 5.97 Å². The SMILES string of the molecule is CC(C)=CCC/C(C)=C/C(CCN(C)C)CC(=O)O. The molecule has 110 valence electrons. The first-order valence-corrected chi connectivity index (χ1v) is 6.98. The Kier molecular flexibility index (Phi) is 9.23. The Bertz CT molecular complexity index is 326. The van der Waals surface area contributed by atoms with E-state index in [1.807, 2.05) is 14.1 Å². The fraction of sp³-hybridized carbons (Fsp3) is 0.688. The van der Waals surface area contributed by atoms with E-state index in [9.17, 15) is 4.79 Å². The highest BCUT2D eigenvalue weighted by atomic mass is 16.4. The summed E-state index contributed by atoms with van der Waals surface area (Å²) in [6, 6.07) is 0. The van der Waals surface area contributed by atoms with Gasteiger partial charge in [-0.2, -0.15) is 0 Å². The number of carboxylic acids is 1. The molecule has 1 atom stereocenters. The predicted octanol–water partition coefficient (Wildman–Crippen LogP) is 3.72. The maximum atomic E-state index is 10.9. The molecule has 0 aliphatic heterocycles. The second kappa shape index (κ2) is 9.79. The minimum Gasteiger partial charge on any atom is -0.481 e.